The number of nitrogens with one attached hydrogen (secondary N) is 2. The molecule has 2 heterocycles. The number of benzene rings is 1. The number of pyridine rings is 1. The zero-order valence-corrected chi connectivity index (χ0v) is 15.3. The fourth-order valence-electron chi connectivity index (χ4n) is 3.37. The standard InChI is InChI=1S/C20H20N4O4/c1-11(10-25)22-20(26)19-18(15-6-7-21-9-17(15)28-19)23-13-3-4-14-12(8-13)2-5-16(14)24-27/h3-4,6-9,11,23,25,27H,2,5,10H2,1H3,(H,22,26)/t11-/m0/s1. The Morgan fingerprint density at radius 3 is 3.00 bits per heavy atom. The number of fused-ring (bicyclic) bond motifs is 2. The third kappa shape index (κ3) is 3.18. The van der Waals surface area contributed by atoms with Crippen molar-refractivity contribution < 1.29 is 19.5 Å². The molecule has 3 aromatic rings. The van der Waals surface area contributed by atoms with Gasteiger partial charge in [-0.25, -0.2) is 0 Å². The summed E-state index contributed by atoms with van der Waals surface area (Å²) in [6.45, 7) is 1.53. The third-order valence-electron chi connectivity index (χ3n) is 4.79. The highest BCUT2D eigenvalue weighted by atomic mass is 16.4. The van der Waals surface area contributed by atoms with Crippen LogP contribution in [0.5, 0.6) is 0 Å². The molecule has 0 saturated heterocycles. The number of aliphatic hydroxyl groups excluding tert-OH is 1. The lowest BCUT2D eigenvalue weighted by atomic mass is 10.1. The summed E-state index contributed by atoms with van der Waals surface area (Å²) in [6.07, 6.45) is 4.68. The van der Waals surface area contributed by atoms with Crippen molar-refractivity contribution >= 4 is 34.0 Å². The van der Waals surface area contributed by atoms with Crippen LogP contribution in [-0.4, -0.2) is 39.6 Å². The molecule has 4 rings (SSSR count). The lowest BCUT2D eigenvalue weighted by molar-refractivity contribution is 0.0897. The Kier molecular flexibility index (Phi) is 4.70. The minimum absolute atomic E-state index is 0.126. The maximum atomic E-state index is 12.6. The number of carbonyl (C=O) groups is 1. The lowest BCUT2D eigenvalue weighted by Crippen LogP contribution is -2.35. The van der Waals surface area contributed by atoms with E-state index in [4.69, 9.17) is 9.62 Å². The summed E-state index contributed by atoms with van der Waals surface area (Å²) in [5, 5.41) is 28.4. The van der Waals surface area contributed by atoms with E-state index >= 15 is 0 Å². The maximum absolute atomic E-state index is 12.6. The first-order valence-corrected chi connectivity index (χ1v) is 9.00. The predicted octanol–water partition coefficient (Wildman–Crippen LogP) is 2.81. The average Bonchev–Trinajstić information content (AvgIpc) is 3.29. The normalized spacial score (nSPS) is 15.6. The molecule has 1 atom stereocenters. The fourth-order valence-corrected chi connectivity index (χ4v) is 3.37. The summed E-state index contributed by atoms with van der Waals surface area (Å²) in [6, 6.07) is 7.12. The fraction of sp³-hybridized carbons (Fsp3) is 0.250. The Bertz CT molecular complexity index is 1070. The molecular weight excluding hydrogens is 360 g/mol. The molecule has 0 bridgehead atoms. The smallest absolute Gasteiger partial charge is 0.289 e. The van der Waals surface area contributed by atoms with Crippen molar-refractivity contribution in [1.29, 1.82) is 0 Å². The van der Waals surface area contributed by atoms with Crippen LogP contribution in [0.15, 0.2) is 46.2 Å². The maximum Gasteiger partial charge on any atom is 0.289 e. The van der Waals surface area contributed by atoms with E-state index in [2.05, 4.69) is 20.8 Å². The number of amides is 1. The van der Waals surface area contributed by atoms with Crippen LogP contribution in [0.2, 0.25) is 0 Å². The van der Waals surface area contributed by atoms with Gasteiger partial charge < -0.3 is 25.4 Å². The summed E-state index contributed by atoms with van der Waals surface area (Å²) < 4.78 is 5.73. The van der Waals surface area contributed by atoms with Crippen LogP contribution >= 0.6 is 0 Å². The van der Waals surface area contributed by atoms with E-state index < -0.39 is 11.9 Å². The van der Waals surface area contributed by atoms with Gasteiger partial charge in [0, 0.05) is 28.9 Å². The lowest BCUT2D eigenvalue weighted by Gasteiger charge is -2.12. The number of anilines is 2. The zero-order valence-electron chi connectivity index (χ0n) is 15.3. The molecule has 0 spiro atoms. The monoisotopic (exact) mass is 380 g/mol. The summed E-state index contributed by atoms with van der Waals surface area (Å²) in [5.41, 5.74) is 4.51. The molecular formula is C20H20N4O4. The summed E-state index contributed by atoms with van der Waals surface area (Å²) in [5.74, 6) is -0.294. The second kappa shape index (κ2) is 7.32. The molecule has 8 heteroatoms. The van der Waals surface area contributed by atoms with Crippen molar-refractivity contribution in [2.45, 2.75) is 25.8 Å². The van der Waals surface area contributed by atoms with Gasteiger partial charge in [-0.15, -0.1) is 0 Å². The number of furan rings is 1. The van der Waals surface area contributed by atoms with Crippen LogP contribution in [0.4, 0.5) is 11.4 Å². The number of hydrogen-bond donors (Lipinski definition) is 4. The minimum Gasteiger partial charge on any atom is -0.447 e. The molecule has 4 N–H and O–H groups in total. The topological polar surface area (TPSA) is 120 Å². The van der Waals surface area contributed by atoms with E-state index in [1.54, 1.807) is 25.4 Å². The van der Waals surface area contributed by atoms with Gasteiger partial charge in [-0.2, -0.15) is 0 Å². The second-order valence-corrected chi connectivity index (χ2v) is 6.78. The molecule has 0 unspecified atom stereocenters. The summed E-state index contributed by atoms with van der Waals surface area (Å²) in [7, 11) is 0. The number of rotatable bonds is 5. The van der Waals surface area contributed by atoms with Gasteiger partial charge in [-0.05, 0) is 43.5 Å². The third-order valence-corrected chi connectivity index (χ3v) is 4.79. The summed E-state index contributed by atoms with van der Waals surface area (Å²) >= 11 is 0. The number of aryl methyl sites for hydroxylation is 1. The van der Waals surface area contributed by atoms with Gasteiger partial charge in [0.05, 0.1) is 24.2 Å². The first-order chi connectivity index (χ1) is 13.6. The zero-order chi connectivity index (χ0) is 19.7. The molecule has 2 aromatic heterocycles. The van der Waals surface area contributed by atoms with Crippen LogP contribution < -0.4 is 10.6 Å². The number of nitrogens with zero attached hydrogens (tertiary/aromatic N) is 2. The van der Waals surface area contributed by atoms with E-state index in [9.17, 15) is 9.90 Å². The van der Waals surface area contributed by atoms with Gasteiger partial charge in [-0.3, -0.25) is 9.78 Å². The minimum atomic E-state index is -0.420. The number of carbonyl (C=O) groups excluding carboxylic acids is 1. The highest BCUT2D eigenvalue weighted by molar-refractivity contribution is 6.08. The Morgan fingerprint density at radius 1 is 1.36 bits per heavy atom. The molecule has 0 saturated carbocycles. The molecule has 0 fully saturated rings. The van der Waals surface area contributed by atoms with E-state index in [-0.39, 0.29) is 12.4 Å². The Hall–Kier alpha value is -3.39. The molecule has 28 heavy (non-hydrogen) atoms. The number of hydrogen-bond acceptors (Lipinski definition) is 7. The average molecular weight is 380 g/mol. The first-order valence-electron chi connectivity index (χ1n) is 9.00. The quantitative estimate of drug-likeness (QED) is 0.399. The van der Waals surface area contributed by atoms with Crippen molar-refractivity contribution in [3.63, 3.8) is 0 Å². The largest absolute Gasteiger partial charge is 0.447 e. The van der Waals surface area contributed by atoms with Crippen molar-refractivity contribution in [3.05, 3.63) is 53.5 Å². The van der Waals surface area contributed by atoms with Crippen LogP contribution in [-0.2, 0) is 6.42 Å². The molecule has 0 aliphatic heterocycles. The molecule has 144 valence electrons. The van der Waals surface area contributed by atoms with E-state index in [1.165, 1.54) is 0 Å². The predicted molar refractivity (Wildman–Crippen MR) is 104 cm³/mol. The van der Waals surface area contributed by atoms with E-state index in [1.807, 2.05) is 18.2 Å². The molecule has 1 aliphatic rings. The van der Waals surface area contributed by atoms with E-state index in [0.717, 1.165) is 28.6 Å². The van der Waals surface area contributed by atoms with Crippen LogP contribution in [0, 0.1) is 0 Å². The van der Waals surface area contributed by atoms with Gasteiger partial charge in [0.15, 0.2) is 5.58 Å². The van der Waals surface area contributed by atoms with Gasteiger partial charge in [-0.1, -0.05) is 11.2 Å². The van der Waals surface area contributed by atoms with Crippen molar-refractivity contribution in [2.24, 2.45) is 5.16 Å². The van der Waals surface area contributed by atoms with Crippen molar-refractivity contribution in [2.75, 3.05) is 11.9 Å². The van der Waals surface area contributed by atoms with Gasteiger partial charge in [0.25, 0.3) is 5.91 Å². The molecule has 1 aromatic carbocycles. The van der Waals surface area contributed by atoms with Gasteiger partial charge >= 0.3 is 0 Å². The summed E-state index contributed by atoms with van der Waals surface area (Å²) in [4.78, 5) is 16.7. The Morgan fingerprint density at radius 2 is 2.21 bits per heavy atom. The van der Waals surface area contributed by atoms with Crippen molar-refractivity contribution in [1.82, 2.24) is 10.3 Å². The highest BCUT2D eigenvalue weighted by Crippen LogP contribution is 2.34. The number of aliphatic hydroxyl groups is 1. The van der Waals surface area contributed by atoms with Gasteiger partial charge in [0.1, 0.15) is 0 Å². The second-order valence-electron chi connectivity index (χ2n) is 6.78. The van der Waals surface area contributed by atoms with Crippen LogP contribution in [0.25, 0.3) is 11.0 Å². The van der Waals surface area contributed by atoms with Crippen LogP contribution in [0.1, 0.15) is 35.0 Å². The van der Waals surface area contributed by atoms with Gasteiger partial charge in [0.2, 0.25) is 5.76 Å². The molecule has 1 amide bonds. The Labute approximate surface area is 160 Å². The highest BCUT2D eigenvalue weighted by Gasteiger charge is 2.23. The molecule has 0 radical (unpaired) electrons. The molecule has 8 nitrogen and oxygen atoms in total. The number of oxime groups is 1. The first kappa shape index (κ1) is 18.0. The Balaban J connectivity index is 1.72. The molecule has 1 aliphatic carbocycles. The van der Waals surface area contributed by atoms with Crippen molar-refractivity contribution in [3.8, 4) is 0 Å². The van der Waals surface area contributed by atoms with E-state index in [0.29, 0.717) is 23.4 Å². The van der Waals surface area contributed by atoms with Crippen LogP contribution in [0.3, 0.4) is 0 Å². The number of aromatic nitrogens is 1. The SMILES string of the molecule is C[C@@H](CO)NC(=O)c1oc2cnccc2c1Nc1ccc2c(c1)CCC2=NO.